The fraction of sp³-hybridized carbons (Fsp3) is 0.463. The van der Waals surface area contributed by atoms with Gasteiger partial charge in [0.25, 0.3) is 0 Å². The minimum absolute atomic E-state index is 0.0175. The highest BCUT2D eigenvalue weighted by atomic mass is 16.6. The molecule has 1 aromatic heterocycles. The number of hydrogen-bond acceptors (Lipinski definition) is 7. The van der Waals surface area contributed by atoms with E-state index in [0.717, 1.165) is 27.8 Å². The highest BCUT2D eigenvalue weighted by Gasteiger charge is 2.51. The fourth-order valence-corrected chi connectivity index (χ4v) is 7.95. The Morgan fingerprint density at radius 1 is 0.962 bits per heavy atom. The number of piperidine rings is 1. The molecule has 53 heavy (non-hydrogen) atoms. The highest BCUT2D eigenvalue weighted by Crippen LogP contribution is 2.47. The van der Waals surface area contributed by atoms with E-state index >= 15 is 0 Å². The molecule has 280 valence electrons. The number of rotatable bonds is 9. The van der Waals surface area contributed by atoms with E-state index in [1.165, 1.54) is 4.90 Å². The van der Waals surface area contributed by atoms with E-state index < -0.39 is 22.5 Å². The van der Waals surface area contributed by atoms with E-state index in [9.17, 15) is 24.0 Å². The van der Waals surface area contributed by atoms with Crippen molar-refractivity contribution in [3.8, 4) is 0 Å². The average Bonchev–Trinajstić information content (AvgIpc) is 3.63. The molecule has 3 aromatic rings. The number of ether oxygens (including phenoxy) is 1. The van der Waals surface area contributed by atoms with Crippen LogP contribution in [0.3, 0.4) is 0 Å². The molecule has 12 nitrogen and oxygen atoms in total. The van der Waals surface area contributed by atoms with Crippen molar-refractivity contribution >= 4 is 41.2 Å². The van der Waals surface area contributed by atoms with Gasteiger partial charge in [-0.25, -0.2) is 9.78 Å². The van der Waals surface area contributed by atoms with Gasteiger partial charge in [-0.15, -0.1) is 0 Å². The van der Waals surface area contributed by atoms with Crippen molar-refractivity contribution in [2.24, 2.45) is 5.41 Å². The van der Waals surface area contributed by atoms with Crippen molar-refractivity contribution in [3.63, 3.8) is 0 Å². The molecular weight excluding hydrogens is 672 g/mol. The molecule has 1 aliphatic carbocycles. The Bertz CT molecular complexity index is 1930. The smallest absolute Gasteiger partial charge is 0.410 e. The maximum absolute atomic E-state index is 14.7. The van der Waals surface area contributed by atoms with E-state index in [1.54, 1.807) is 30.0 Å². The first kappa shape index (κ1) is 37.5. The monoisotopic (exact) mass is 722 g/mol. The summed E-state index contributed by atoms with van der Waals surface area (Å²) in [6.07, 6.45) is 3.82. The van der Waals surface area contributed by atoms with Crippen molar-refractivity contribution in [2.75, 3.05) is 37.3 Å². The number of benzene rings is 2. The van der Waals surface area contributed by atoms with Gasteiger partial charge >= 0.3 is 6.09 Å². The second-order valence-corrected chi connectivity index (χ2v) is 15.7. The Labute approximate surface area is 311 Å². The van der Waals surface area contributed by atoms with Gasteiger partial charge in [-0.05, 0) is 93.3 Å². The number of likely N-dealkylation sites (tertiary alicyclic amines) is 1. The van der Waals surface area contributed by atoms with Crippen LogP contribution in [0, 0.1) is 5.41 Å². The Morgan fingerprint density at radius 3 is 2.30 bits per heavy atom. The molecule has 6 rings (SSSR count). The lowest BCUT2D eigenvalue weighted by molar-refractivity contribution is -0.150. The van der Waals surface area contributed by atoms with Crippen LogP contribution in [0.25, 0.3) is 0 Å². The summed E-state index contributed by atoms with van der Waals surface area (Å²) in [6, 6.07) is 17.1. The number of carbonyl (C=O) groups excluding carboxylic acids is 5. The third-order valence-corrected chi connectivity index (χ3v) is 11.0. The third kappa shape index (κ3) is 7.77. The van der Waals surface area contributed by atoms with Gasteiger partial charge < -0.3 is 30.1 Å². The number of hydrogen-bond donors (Lipinski definition) is 2. The van der Waals surface area contributed by atoms with E-state index in [-0.39, 0.29) is 43.3 Å². The summed E-state index contributed by atoms with van der Waals surface area (Å²) in [7, 11) is 1.67. The zero-order valence-corrected chi connectivity index (χ0v) is 31.6. The van der Waals surface area contributed by atoms with Crippen LogP contribution in [0.4, 0.5) is 16.3 Å². The van der Waals surface area contributed by atoms with Gasteiger partial charge in [-0.2, -0.15) is 0 Å². The zero-order chi connectivity index (χ0) is 38.1. The third-order valence-electron chi connectivity index (χ3n) is 11.0. The molecule has 0 bridgehead atoms. The second-order valence-electron chi connectivity index (χ2n) is 15.7. The van der Waals surface area contributed by atoms with Crippen LogP contribution in [0.1, 0.15) is 81.7 Å². The van der Waals surface area contributed by atoms with E-state index in [1.807, 2.05) is 82.3 Å². The Hall–Kier alpha value is -5.26. The van der Waals surface area contributed by atoms with Crippen LogP contribution < -0.4 is 10.6 Å². The topological polar surface area (TPSA) is 141 Å². The first-order valence-electron chi connectivity index (χ1n) is 18.4. The Balaban J connectivity index is 1.23. The number of amides is 5. The maximum atomic E-state index is 14.7. The first-order chi connectivity index (χ1) is 25.1. The molecule has 3 aliphatic rings. The molecular formula is C41H50N6O6. The number of aromatic nitrogens is 1. The molecule has 0 saturated carbocycles. The fourth-order valence-electron chi connectivity index (χ4n) is 7.95. The molecule has 2 aliphatic heterocycles. The number of anilines is 2. The van der Waals surface area contributed by atoms with Gasteiger partial charge in [-0.1, -0.05) is 43.3 Å². The van der Waals surface area contributed by atoms with Gasteiger partial charge in [0.05, 0.1) is 10.8 Å². The van der Waals surface area contributed by atoms with Crippen LogP contribution in [-0.2, 0) is 55.3 Å². The van der Waals surface area contributed by atoms with Crippen molar-refractivity contribution in [3.05, 3.63) is 88.6 Å². The molecule has 5 amide bonds. The van der Waals surface area contributed by atoms with Crippen molar-refractivity contribution in [1.29, 1.82) is 0 Å². The summed E-state index contributed by atoms with van der Waals surface area (Å²) in [5, 5.41) is 5.96. The van der Waals surface area contributed by atoms with Crippen LogP contribution in [0.5, 0.6) is 0 Å². The van der Waals surface area contributed by atoms with Gasteiger partial charge in [-0.3, -0.25) is 19.2 Å². The molecule has 1 atom stereocenters. The van der Waals surface area contributed by atoms with Gasteiger partial charge in [0.2, 0.25) is 23.6 Å². The summed E-state index contributed by atoms with van der Waals surface area (Å²) < 4.78 is 5.57. The van der Waals surface area contributed by atoms with Gasteiger partial charge in [0.15, 0.2) is 0 Å². The van der Waals surface area contributed by atoms with Crippen LogP contribution in [0.2, 0.25) is 0 Å². The highest BCUT2D eigenvalue weighted by molar-refractivity contribution is 6.06. The standard InChI is InChI=1S/C41H50N6O6/c1-7-40(16-19-46(20-17-40)27(2)48)37(51)47(25-30-12-9-8-11-29(30)24-45(6)38(52)53-39(3,4)5)26-34(49)43-32-15-14-28-22-41(23-31(28)21-32)33-13-10-18-42-35(33)44-36(41)50/h8-15,18,21H,7,16-17,19-20,22-26H2,1-6H3,(H,43,49)(H,42,44,50)/t41-/m1/s1. The predicted molar refractivity (Wildman–Crippen MR) is 201 cm³/mol. The Morgan fingerprint density at radius 2 is 1.64 bits per heavy atom. The number of nitrogens with one attached hydrogen (secondary N) is 2. The molecule has 1 saturated heterocycles. The summed E-state index contributed by atoms with van der Waals surface area (Å²) in [5.74, 6) is 0.0207. The number of pyridine rings is 1. The summed E-state index contributed by atoms with van der Waals surface area (Å²) in [6.45, 7) is 10.1. The van der Waals surface area contributed by atoms with Crippen molar-refractivity contribution in [1.82, 2.24) is 19.7 Å². The largest absolute Gasteiger partial charge is 0.444 e. The lowest BCUT2D eigenvalue weighted by Crippen LogP contribution is -2.52. The van der Waals surface area contributed by atoms with Crippen LogP contribution in [-0.4, -0.2) is 81.7 Å². The molecule has 1 spiro atoms. The van der Waals surface area contributed by atoms with E-state index in [0.29, 0.717) is 56.7 Å². The lowest BCUT2D eigenvalue weighted by Gasteiger charge is -2.42. The molecule has 2 N–H and O–H groups in total. The molecule has 12 heteroatoms. The minimum atomic E-state index is -0.733. The molecule has 0 unspecified atom stereocenters. The molecule has 0 radical (unpaired) electrons. The second kappa shape index (κ2) is 14.6. The molecule has 2 aromatic carbocycles. The predicted octanol–water partition coefficient (Wildman–Crippen LogP) is 5.44. The SMILES string of the molecule is CCC1(C(=O)N(CC(=O)Nc2ccc3c(c2)C[C@@]2(C3)C(=O)Nc3ncccc32)Cc2ccccc2CN(C)C(=O)OC(C)(C)C)CCN(C(C)=O)CC1. The first-order valence-corrected chi connectivity index (χ1v) is 18.4. The average molecular weight is 723 g/mol. The maximum Gasteiger partial charge on any atom is 0.410 e. The van der Waals surface area contributed by atoms with Crippen LogP contribution in [0.15, 0.2) is 60.8 Å². The number of fused-ring (bicyclic) bond motifs is 3. The number of nitrogens with zero attached hydrogens (tertiary/aromatic N) is 4. The van der Waals surface area contributed by atoms with Gasteiger partial charge in [0.1, 0.15) is 18.0 Å². The summed E-state index contributed by atoms with van der Waals surface area (Å²) >= 11 is 0. The van der Waals surface area contributed by atoms with Crippen molar-refractivity contribution in [2.45, 2.75) is 90.8 Å². The molecule has 3 heterocycles. The van der Waals surface area contributed by atoms with E-state index in [2.05, 4.69) is 15.6 Å². The molecule has 1 fully saturated rings. The summed E-state index contributed by atoms with van der Waals surface area (Å²) in [4.78, 5) is 76.0. The summed E-state index contributed by atoms with van der Waals surface area (Å²) in [5.41, 5.74) is 3.02. The Kier molecular flexibility index (Phi) is 10.4. The van der Waals surface area contributed by atoms with E-state index in [4.69, 9.17) is 4.74 Å². The minimum Gasteiger partial charge on any atom is -0.444 e. The zero-order valence-electron chi connectivity index (χ0n) is 31.6. The number of carbonyl (C=O) groups is 5. The lowest BCUT2D eigenvalue weighted by atomic mass is 9.74. The quantitative estimate of drug-likeness (QED) is 0.300. The normalized spacial score (nSPS) is 18.5. The van der Waals surface area contributed by atoms with Gasteiger partial charge in [0, 0.05) is 57.6 Å². The van der Waals surface area contributed by atoms with Crippen molar-refractivity contribution < 1.29 is 28.7 Å². The van der Waals surface area contributed by atoms with Crippen LogP contribution >= 0.6 is 0 Å².